The summed E-state index contributed by atoms with van der Waals surface area (Å²) in [5.74, 6) is -2.04. The van der Waals surface area contributed by atoms with Gasteiger partial charge in [-0.15, -0.1) is 0 Å². The second kappa shape index (κ2) is 5.86. The van der Waals surface area contributed by atoms with Gasteiger partial charge in [0.25, 0.3) is 0 Å². The van der Waals surface area contributed by atoms with E-state index in [1.807, 2.05) is 0 Å². The third-order valence-corrected chi connectivity index (χ3v) is 3.26. The molecule has 1 atom stereocenters. The first-order valence-electron chi connectivity index (χ1n) is 6.41. The van der Waals surface area contributed by atoms with Crippen molar-refractivity contribution in [3.05, 3.63) is 39.7 Å². The van der Waals surface area contributed by atoms with Gasteiger partial charge in [-0.25, -0.2) is 0 Å². The van der Waals surface area contributed by atoms with Crippen LogP contribution in [0.3, 0.4) is 0 Å². The zero-order chi connectivity index (χ0) is 15.6. The number of primary amides is 1. The van der Waals surface area contributed by atoms with Crippen LogP contribution in [-0.4, -0.2) is 22.8 Å². The number of amides is 2. The van der Waals surface area contributed by atoms with Gasteiger partial charge in [0.05, 0.1) is 4.92 Å². The van der Waals surface area contributed by atoms with Gasteiger partial charge in [0.2, 0.25) is 17.6 Å². The molecule has 1 aromatic carbocycles. The Bertz CT molecular complexity index is 601. The molecule has 0 heterocycles. The molecule has 1 aromatic rings. The van der Waals surface area contributed by atoms with Crippen LogP contribution in [0.5, 0.6) is 0 Å². The van der Waals surface area contributed by atoms with Crippen LogP contribution in [0.2, 0.25) is 0 Å². The summed E-state index contributed by atoms with van der Waals surface area (Å²) in [4.78, 5) is 32.8. The molecule has 0 saturated heterocycles. The third-order valence-electron chi connectivity index (χ3n) is 3.26. The van der Waals surface area contributed by atoms with Crippen molar-refractivity contribution in [1.29, 1.82) is 0 Å². The number of carbonyl (C=O) groups is 2. The van der Waals surface area contributed by atoms with E-state index < -0.39 is 28.4 Å². The summed E-state index contributed by atoms with van der Waals surface area (Å²) < 4.78 is 13.2. The number of benzene rings is 1. The van der Waals surface area contributed by atoms with Crippen LogP contribution in [0, 0.1) is 21.8 Å². The fourth-order valence-electron chi connectivity index (χ4n) is 1.92. The van der Waals surface area contributed by atoms with Crippen LogP contribution in [0.1, 0.15) is 18.4 Å². The monoisotopic (exact) mass is 295 g/mol. The summed E-state index contributed by atoms with van der Waals surface area (Å²) in [6, 6.07) is 2.34. The number of nitrogens with two attached hydrogens (primary N) is 1. The maximum atomic E-state index is 13.2. The summed E-state index contributed by atoms with van der Waals surface area (Å²) in [6.45, 7) is 0. The Hall–Kier alpha value is -2.51. The second-order valence-corrected chi connectivity index (χ2v) is 4.98. The highest BCUT2D eigenvalue weighted by Gasteiger charge is 2.32. The Kier molecular flexibility index (Phi) is 4.15. The van der Waals surface area contributed by atoms with Crippen LogP contribution < -0.4 is 11.1 Å². The Morgan fingerprint density at radius 3 is 2.67 bits per heavy atom. The van der Waals surface area contributed by atoms with Crippen molar-refractivity contribution in [2.45, 2.75) is 25.3 Å². The van der Waals surface area contributed by atoms with Gasteiger partial charge in [0.15, 0.2) is 0 Å². The van der Waals surface area contributed by atoms with Crippen molar-refractivity contribution in [2.24, 2.45) is 11.7 Å². The summed E-state index contributed by atoms with van der Waals surface area (Å²) >= 11 is 0. The van der Waals surface area contributed by atoms with E-state index in [4.69, 9.17) is 5.73 Å². The number of nitrogens with zero attached hydrogens (tertiary/aromatic N) is 1. The van der Waals surface area contributed by atoms with E-state index in [0.29, 0.717) is 5.56 Å². The molecule has 1 aliphatic rings. The lowest BCUT2D eigenvalue weighted by Crippen LogP contribution is -2.46. The lowest BCUT2D eigenvalue weighted by molar-refractivity contribution is -0.387. The maximum absolute atomic E-state index is 13.2. The van der Waals surface area contributed by atoms with Gasteiger partial charge in [-0.1, -0.05) is 6.07 Å². The van der Waals surface area contributed by atoms with E-state index in [2.05, 4.69) is 5.32 Å². The van der Waals surface area contributed by atoms with Gasteiger partial charge < -0.3 is 11.1 Å². The molecule has 8 heteroatoms. The van der Waals surface area contributed by atoms with Crippen molar-refractivity contribution < 1.29 is 18.9 Å². The molecule has 1 fully saturated rings. The third kappa shape index (κ3) is 3.74. The predicted molar refractivity (Wildman–Crippen MR) is 70.6 cm³/mol. The minimum Gasteiger partial charge on any atom is -0.368 e. The van der Waals surface area contributed by atoms with Crippen molar-refractivity contribution in [2.75, 3.05) is 0 Å². The molecule has 2 rings (SSSR count). The van der Waals surface area contributed by atoms with Crippen molar-refractivity contribution in [3.63, 3.8) is 0 Å². The first kappa shape index (κ1) is 14.9. The van der Waals surface area contributed by atoms with Crippen LogP contribution in [0.15, 0.2) is 18.2 Å². The number of hydrogen-bond acceptors (Lipinski definition) is 4. The largest absolute Gasteiger partial charge is 0.368 e. The molecule has 1 saturated carbocycles. The standard InChI is InChI=1S/C13H14FN3O4/c14-9-4-1-7(6-11(9)17(20)21)5-10(12(15)18)16-13(19)8-2-3-8/h1,4,6,8,10H,2-3,5H2,(H2,15,18)(H,16,19)/t10-/m1/s1. The molecule has 112 valence electrons. The van der Waals surface area contributed by atoms with Crippen LogP contribution in [0.25, 0.3) is 0 Å². The highest BCUT2D eigenvalue weighted by Crippen LogP contribution is 2.29. The van der Waals surface area contributed by atoms with Gasteiger partial charge in [-0.05, 0) is 24.5 Å². The lowest BCUT2D eigenvalue weighted by atomic mass is 10.0. The zero-order valence-corrected chi connectivity index (χ0v) is 11.0. The number of rotatable bonds is 6. The van der Waals surface area contributed by atoms with Gasteiger partial charge in [-0.3, -0.25) is 19.7 Å². The molecule has 0 radical (unpaired) electrons. The zero-order valence-electron chi connectivity index (χ0n) is 11.0. The molecule has 0 bridgehead atoms. The van der Waals surface area contributed by atoms with Crippen molar-refractivity contribution >= 4 is 17.5 Å². The molecule has 7 nitrogen and oxygen atoms in total. The summed E-state index contributed by atoms with van der Waals surface area (Å²) in [5, 5.41) is 13.2. The van der Waals surface area contributed by atoms with E-state index >= 15 is 0 Å². The Balaban J connectivity index is 2.12. The Morgan fingerprint density at radius 2 is 2.14 bits per heavy atom. The fraction of sp³-hybridized carbons (Fsp3) is 0.385. The molecule has 0 unspecified atom stereocenters. The minimum atomic E-state index is -0.969. The predicted octanol–water partition coefficient (Wildman–Crippen LogP) is 0.656. The topological polar surface area (TPSA) is 115 Å². The Morgan fingerprint density at radius 1 is 1.48 bits per heavy atom. The van der Waals surface area contributed by atoms with E-state index in [1.54, 1.807) is 0 Å². The van der Waals surface area contributed by atoms with Crippen LogP contribution in [0.4, 0.5) is 10.1 Å². The smallest absolute Gasteiger partial charge is 0.305 e. The number of nitro benzene ring substituents is 1. The van der Waals surface area contributed by atoms with Crippen LogP contribution in [-0.2, 0) is 16.0 Å². The highest BCUT2D eigenvalue weighted by atomic mass is 19.1. The molecule has 3 N–H and O–H groups in total. The molecule has 1 aliphatic carbocycles. The Labute approximate surface area is 119 Å². The molecule has 2 amide bonds. The molecule has 0 aromatic heterocycles. The number of hydrogen-bond donors (Lipinski definition) is 2. The van der Waals surface area contributed by atoms with Gasteiger partial charge in [0, 0.05) is 18.4 Å². The molecule has 0 aliphatic heterocycles. The van der Waals surface area contributed by atoms with Gasteiger partial charge in [0.1, 0.15) is 6.04 Å². The van der Waals surface area contributed by atoms with Crippen molar-refractivity contribution in [3.8, 4) is 0 Å². The maximum Gasteiger partial charge on any atom is 0.305 e. The lowest BCUT2D eigenvalue weighted by Gasteiger charge is -2.15. The number of halogens is 1. The van der Waals surface area contributed by atoms with E-state index in [0.717, 1.165) is 25.0 Å². The summed E-state index contributed by atoms with van der Waals surface area (Å²) in [6.07, 6.45) is 1.54. The number of nitro groups is 1. The summed E-state index contributed by atoms with van der Waals surface area (Å²) in [7, 11) is 0. The molecule has 0 spiro atoms. The first-order chi connectivity index (χ1) is 9.88. The number of nitrogens with one attached hydrogen (secondary N) is 1. The van der Waals surface area contributed by atoms with Gasteiger partial charge in [-0.2, -0.15) is 4.39 Å². The highest BCUT2D eigenvalue weighted by molar-refractivity contribution is 5.88. The van der Waals surface area contributed by atoms with Crippen LogP contribution >= 0.6 is 0 Å². The molecular weight excluding hydrogens is 281 g/mol. The quantitative estimate of drug-likeness (QED) is 0.592. The van der Waals surface area contributed by atoms with E-state index in [-0.39, 0.29) is 18.2 Å². The summed E-state index contributed by atoms with van der Waals surface area (Å²) in [5.41, 5.74) is 4.89. The molecular formula is C13H14FN3O4. The normalized spacial score (nSPS) is 15.3. The second-order valence-electron chi connectivity index (χ2n) is 4.98. The minimum absolute atomic E-state index is 0.0189. The van der Waals surface area contributed by atoms with Crippen molar-refractivity contribution in [1.82, 2.24) is 5.32 Å². The SMILES string of the molecule is NC(=O)[C@@H](Cc1ccc(F)c([N+](=O)[O-])c1)NC(=O)C1CC1. The average Bonchev–Trinajstić information content (AvgIpc) is 3.23. The fourth-order valence-corrected chi connectivity index (χ4v) is 1.92. The van der Waals surface area contributed by atoms with E-state index in [1.165, 1.54) is 6.07 Å². The molecule has 21 heavy (non-hydrogen) atoms. The number of carbonyl (C=O) groups excluding carboxylic acids is 2. The van der Waals surface area contributed by atoms with E-state index in [9.17, 15) is 24.1 Å². The average molecular weight is 295 g/mol. The van der Waals surface area contributed by atoms with Gasteiger partial charge >= 0.3 is 5.69 Å². The first-order valence-corrected chi connectivity index (χ1v) is 6.41.